The molecule has 0 bridgehead atoms. The summed E-state index contributed by atoms with van der Waals surface area (Å²) in [5.41, 5.74) is 4.92. The number of imide groups is 1. The second kappa shape index (κ2) is 7.86. The van der Waals surface area contributed by atoms with Crippen molar-refractivity contribution in [1.29, 1.82) is 0 Å². The van der Waals surface area contributed by atoms with Crippen LogP contribution in [0.2, 0.25) is 0 Å². The monoisotopic (exact) mass is 335 g/mol. The van der Waals surface area contributed by atoms with E-state index in [1.165, 1.54) is 8.61 Å². The standard InChI is InChI=1S/C12H25N5O4S/c1-4-16(5-2)22(20,21)17-8-6-15(7-9-17)10(3)11(18)14-12(13)19/h10H,4-9H2,1-3H3,(H3,13,14,18,19)/t10-/m0/s1. The summed E-state index contributed by atoms with van der Waals surface area (Å²) in [6.45, 7) is 7.59. The third-order valence-electron chi connectivity index (χ3n) is 3.80. The fraction of sp³-hybridized carbons (Fsp3) is 0.833. The Labute approximate surface area is 131 Å². The fourth-order valence-corrected chi connectivity index (χ4v) is 4.03. The van der Waals surface area contributed by atoms with E-state index in [4.69, 9.17) is 5.73 Å². The van der Waals surface area contributed by atoms with Crippen LogP contribution < -0.4 is 11.1 Å². The first-order chi connectivity index (χ1) is 10.2. The number of amides is 3. The minimum absolute atomic E-state index is 0.313. The first-order valence-electron chi connectivity index (χ1n) is 7.33. The minimum Gasteiger partial charge on any atom is -0.351 e. The molecule has 0 aromatic heterocycles. The molecule has 0 aliphatic carbocycles. The lowest BCUT2D eigenvalue weighted by Gasteiger charge is -2.38. The van der Waals surface area contributed by atoms with Crippen LogP contribution in [0.5, 0.6) is 0 Å². The molecule has 10 heteroatoms. The molecule has 0 aromatic carbocycles. The van der Waals surface area contributed by atoms with Crippen LogP contribution in [0.15, 0.2) is 0 Å². The third kappa shape index (κ3) is 4.38. The molecule has 1 heterocycles. The number of rotatable bonds is 6. The normalized spacial score (nSPS) is 19.1. The van der Waals surface area contributed by atoms with Crippen LogP contribution in [0.3, 0.4) is 0 Å². The average Bonchev–Trinajstić information content (AvgIpc) is 2.46. The number of carbonyl (C=O) groups excluding carboxylic acids is 2. The van der Waals surface area contributed by atoms with Crippen molar-refractivity contribution in [3.8, 4) is 0 Å². The molecule has 0 saturated carbocycles. The molecule has 1 rings (SSSR count). The van der Waals surface area contributed by atoms with Crippen LogP contribution in [0, 0.1) is 0 Å². The van der Waals surface area contributed by atoms with E-state index in [9.17, 15) is 18.0 Å². The maximum Gasteiger partial charge on any atom is 0.318 e. The Morgan fingerprint density at radius 3 is 2.09 bits per heavy atom. The number of nitrogens with one attached hydrogen (secondary N) is 1. The molecule has 1 saturated heterocycles. The van der Waals surface area contributed by atoms with Gasteiger partial charge in [-0.15, -0.1) is 0 Å². The average molecular weight is 335 g/mol. The highest BCUT2D eigenvalue weighted by Gasteiger charge is 2.33. The van der Waals surface area contributed by atoms with Gasteiger partial charge in [-0.25, -0.2) is 4.79 Å². The lowest BCUT2D eigenvalue weighted by molar-refractivity contribution is -0.125. The summed E-state index contributed by atoms with van der Waals surface area (Å²) < 4.78 is 27.6. The van der Waals surface area contributed by atoms with Gasteiger partial charge in [0, 0.05) is 39.3 Å². The predicted octanol–water partition coefficient (Wildman–Crippen LogP) is -1.23. The molecule has 0 spiro atoms. The van der Waals surface area contributed by atoms with Crippen molar-refractivity contribution in [3.63, 3.8) is 0 Å². The van der Waals surface area contributed by atoms with Gasteiger partial charge in [0.15, 0.2) is 0 Å². The lowest BCUT2D eigenvalue weighted by atomic mass is 10.2. The van der Waals surface area contributed by atoms with Gasteiger partial charge in [0.2, 0.25) is 5.91 Å². The predicted molar refractivity (Wildman–Crippen MR) is 82.2 cm³/mol. The number of carbonyl (C=O) groups is 2. The van der Waals surface area contributed by atoms with E-state index in [0.717, 1.165) is 0 Å². The lowest BCUT2D eigenvalue weighted by Crippen LogP contribution is -2.57. The molecule has 1 atom stereocenters. The van der Waals surface area contributed by atoms with Crippen LogP contribution in [0.25, 0.3) is 0 Å². The number of nitrogens with two attached hydrogens (primary N) is 1. The Morgan fingerprint density at radius 2 is 1.68 bits per heavy atom. The van der Waals surface area contributed by atoms with Crippen LogP contribution in [-0.4, -0.2) is 79.2 Å². The topological polar surface area (TPSA) is 116 Å². The SMILES string of the molecule is CCN(CC)S(=O)(=O)N1CCN([C@@H](C)C(=O)NC(N)=O)CC1. The van der Waals surface area contributed by atoms with Gasteiger partial charge in [0.1, 0.15) is 0 Å². The number of primary amides is 1. The fourth-order valence-electron chi connectivity index (χ4n) is 2.43. The first-order valence-corrected chi connectivity index (χ1v) is 8.73. The first kappa shape index (κ1) is 18.8. The summed E-state index contributed by atoms with van der Waals surface area (Å²) in [6.07, 6.45) is 0. The second-order valence-electron chi connectivity index (χ2n) is 5.06. The Kier molecular flexibility index (Phi) is 6.72. The van der Waals surface area contributed by atoms with Crippen molar-refractivity contribution >= 4 is 22.1 Å². The van der Waals surface area contributed by atoms with E-state index in [2.05, 4.69) is 0 Å². The van der Waals surface area contributed by atoms with E-state index in [1.807, 2.05) is 10.2 Å². The third-order valence-corrected chi connectivity index (χ3v) is 5.99. The van der Waals surface area contributed by atoms with Gasteiger partial charge in [0.25, 0.3) is 10.2 Å². The Balaban J connectivity index is 2.63. The highest BCUT2D eigenvalue weighted by molar-refractivity contribution is 7.86. The van der Waals surface area contributed by atoms with Gasteiger partial charge in [-0.3, -0.25) is 15.0 Å². The largest absolute Gasteiger partial charge is 0.351 e. The van der Waals surface area contributed by atoms with Crippen LogP contribution in [0.4, 0.5) is 4.79 Å². The van der Waals surface area contributed by atoms with Crippen molar-refractivity contribution < 1.29 is 18.0 Å². The zero-order chi connectivity index (χ0) is 16.9. The highest BCUT2D eigenvalue weighted by Crippen LogP contribution is 2.13. The van der Waals surface area contributed by atoms with Gasteiger partial charge < -0.3 is 5.73 Å². The van der Waals surface area contributed by atoms with Gasteiger partial charge in [-0.2, -0.15) is 17.0 Å². The van der Waals surface area contributed by atoms with Gasteiger partial charge in [0.05, 0.1) is 6.04 Å². The molecule has 3 amide bonds. The number of hydrogen-bond donors (Lipinski definition) is 2. The summed E-state index contributed by atoms with van der Waals surface area (Å²) in [5, 5.41) is 2.04. The summed E-state index contributed by atoms with van der Waals surface area (Å²) in [7, 11) is -3.45. The van der Waals surface area contributed by atoms with Gasteiger partial charge in [-0.05, 0) is 6.92 Å². The van der Waals surface area contributed by atoms with Crippen LogP contribution in [-0.2, 0) is 15.0 Å². The maximum absolute atomic E-state index is 12.4. The Bertz CT molecular complexity index is 498. The van der Waals surface area contributed by atoms with Crippen molar-refractivity contribution in [3.05, 3.63) is 0 Å². The molecule has 9 nitrogen and oxygen atoms in total. The smallest absolute Gasteiger partial charge is 0.318 e. The zero-order valence-corrected chi connectivity index (χ0v) is 14.1. The summed E-state index contributed by atoms with van der Waals surface area (Å²) >= 11 is 0. The van der Waals surface area contributed by atoms with E-state index in [1.54, 1.807) is 20.8 Å². The van der Waals surface area contributed by atoms with Crippen LogP contribution >= 0.6 is 0 Å². The molecule has 3 N–H and O–H groups in total. The molecular formula is C12H25N5O4S. The van der Waals surface area contributed by atoms with E-state index in [-0.39, 0.29) is 0 Å². The number of nitrogens with zero attached hydrogens (tertiary/aromatic N) is 3. The number of urea groups is 1. The molecule has 0 aromatic rings. The summed E-state index contributed by atoms with van der Waals surface area (Å²) in [6, 6.07) is -1.43. The zero-order valence-electron chi connectivity index (χ0n) is 13.3. The van der Waals surface area contributed by atoms with E-state index in [0.29, 0.717) is 39.3 Å². The van der Waals surface area contributed by atoms with Crippen molar-refractivity contribution in [2.24, 2.45) is 5.73 Å². The minimum atomic E-state index is -3.45. The van der Waals surface area contributed by atoms with Gasteiger partial charge in [-0.1, -0.05) is 13.8 Å². The van der Waals surface area contributed by atoms with Crippen molar-refractivity contribution in [2.75, 3.05) is 39.3 Å². The Hall–Kier alpha value is -1.23. The number of hydrogen-bond acceptors (Lipinski definition) is 5. The Morgan fingerprint density at radius 1 is 1.18 bits per heavy atom. The van der Waals surface area contributed by atoms with Gasteiger partial charge >= 0.3 is 6.03 Å². The van der Waals surface area contributed by atoms with Crippen molar-refractivity contribution in [1.82, 2.24) is 18.8 Å². The molecule has 1 aliphatic heterocycles. The van der Waals surface area contributed by atoms with E-state index < -0.39 is 28.2 Å². The molecule has 1 fully saturated rings. The molecule has 0 unspecified atom stereocenters. The molecule has 22 heavy (non-hydrogen) atoms. The number of piperazine rings is 1. The molecule has 1 aliphatic rings. The quantitative estimate of drug-likeness (QED) is 0.631. The summed E-state index contributed by atoms with van der Waals surface area (Å²) in [5.74, 6) is -0.479. The highest BCUT2D eigenvalue weighted by atomic mass is 32.2. The summed E-state index contributed by atoms with van der Waals surface area (Å²) in [4.78, 5) is 24.3. The van der Waals surface area contributed by atoms with Crippen LogP contribution in [0.1, 0.15) is 20.8 Å². The van der Waals surface area contributed by atoms with E-state index >= 15 is 0 Å². The molecule has 0 radical (unpaired) electrons. The maximum atomic E-state index is 12.4. The molecular weight excluding hydrogens is 310 g/mol. The molecule has 128 valence electrons. The van der Waals surface area contributed by atoms with Crippen molar-refractivity contribution in [2.45, 2.75) is 26.8 Å². The second-order valence-corrected chi connectivity index (χ2v) is 6.99.